The zero-order valence-electron chi connectivity index (χ0n) is 8.63. The third-order valence-corrected chi connectivity index (χ3v) is 1.76. The largest absolute Gasteiger partial charge is 0.295 e. The fraction of sp³-hybridized carbons (Fsp3) is 0.727. The van der Waals surface area contributed by atoms with E-state index in [-0.39, 0.29) is 5.78 Å². The van der Waals surface area contributed by atoms with Crippen LogP contribution in [0.5, 0.6) is 0 Å². The highest BCUT2D eigenvalue weighted by Gasteiger charge is 2.02. The second kappa shape index (κ2) is 5.99. The van der Waals surface area contributed by atoms with Gasteiger partial charge < -0.3 is 0 Å². The molecule has 0 N–H and O–H groups in total. The molecule has 1 heteroatoms. The first kappa shape index (κ1) is 11.4. The molecule has 12 heavy (non-hydrogen) atoms. The summed E-state index contributed by atoms with van der Waals surface area (Å²) in [6, 6.07) is 0. The predicted octanol–water partition coefficient (Wildman–Crippen LogP) is 3.20. The molecule has 0 radical (unpaired) electrons. The zero-order chi connectivity index (χ0) is 9.56. The van der Waals surface area contributed by atoms with E-state index in [2.05, 4.69) is 20.8 Å². The van der Waals surface area contributed by atoms with Gasteiger partial charge in [0.1, 0.15) is 0 Å². The van der Waals surface area contributed by atoms with E-state index >= 15 is 0 Å². The van der Waals surface area contributed by atoms with Crippen molar-refractivity contribution >= 4 is 5.78 Å². The smallest absolute Gasteiger partial charge is 0.152 e. The number of hydrogen-bond donors (Lipinski definition) is 0. The molecule has 0 aromatic rings. The molecule has 0 heterocycles. The van der Waals surface area contributed by atoms with Gasteiger partial charge in [-0.05, 0) is 37.7 Å². The molecule has 0 aliphatic carbocycles. The SMILES string of the molecule is CC(=O)C=CCC(C)CC(C)C. The van der Waals surface area contributed by atoms with Gasteiger partial charge in [-0.1, -0.05) is 26.8 Å². The van der Waals surface area contributed by atoms with E-state index in [1.807, 2.05) is 6.08 Å². The lowest BCUT2D eigenvalue weighted by Gasteiger charge is -2.10. The van der Waals surface area contributed by atoms with E-state index in [4.69, 9.17) is 0 Å². The molecule has 0 spiro atoms. The molecule has 0 aliphatic heterocycles. The minimum Gasteiger partial charge on any atom is -0.295 e. The van der Waals surface area contributed by atoms with Crippen LogP contribution in [-0.2, 0) is 4.79 Å². The van der Waals surface area contributed by atoms with E-state index in [1.54, 1.807) is 13.0 Å². The van der Waals surface area contributed by atoms with Crippen molar-refractivity contribution in [1.82, 2.24) is 0 Å². The molecule has 0 amide bonds. The Morgan fingerprint density at radius 2 is 1.92 bits per heavy atom. The molecule has 70 valence electrons. The van der Waals surface area contributed by atoms with Crippen LogP contribution in [0.2, 0.25) is 0 Å². The van der Waals surface area contributed by atoms with E-state index < -0.39 is 0 Å². The van der Waals surface area contributed by atoms with Crippen molar-refractivity contribution in [2.45, 2.75) is 40.5 Å². The average molecular weight is 168 g/mol. The summed E-state index contributed by atoms with van der Waals surface area (Å²) in [6.45, 7) is 8.27. The standard InChI is InChI=1S/C11H20O/c1-9(2)8-10(3)6-5-7-11(4)12/h5,7,9-10H,6,8H2,1-4H3. The van der Waals surface area contributed by atoms with Crippen molar-refractivity contribution in [2.75, 3.05) is 0 Å². The van der Waals surface area contributed by atoms with Crippen LogP contribution in [0.4, 0.5) is 0 Å². The maximum atomic E-state index is 10.6. The third kappa shape index (κ3) is 7.52. The van der Waals surface area contributed by atoms with E-state index in [0.29, 0.717) is 5.92 Å². The van der Waals surface area contributed by atoms with Crippen molar-refractivity contribution < 1.29 is 4.79 Å². The second-order valence-electron chi connectivity index (χ2n) is 3.98. The second-order valence-corrected chi connectivity index (χ2v) is 3.98. The highest BCUT2D eigenvalue weighted by Crippen LogP contribution is 2.14. The lowest BCUT2D eigenvalue weighted by Crippen LogP contribution is -1.98. The zero-order valence-corrected chi connectivity index (χ0v) is 8.63. The fourth-order valence-electron chi connectivity index (χ4n) is 1.37. The van der Waals surface area contributed by atoms with E-state index in [1.165, 1.54) is 6.42 Å². The minimum atomic E-state index is 0.145. The summed E-state index contributed by atoms with van der Waals surface area (Å²) in [5.41, 5.74) is 0. The number of hydrogen-bond acceptors (Lipinski definition) is 1. The Labute approximate surface area is 75.9 Å². The van der Waals surface area contributed by atoms with Crippen LogP contribution in [0.1, 0.15) is 40.5 Å². The van der Waals surface area contributed by atoms with Crippen LogP contribution in [-0.4, -0.2) is 5.78 Å². The Morgan fingerprint density at radius 1 is 1.33 bits per heavy atom. The Morgan fingerprint density at radius 3 is 2.33 bits per heavy atom. The van der Waals surface area contributed by atoms with Crippen molar-refractivity contribution in [1.29, 1.82) is 0 Å². The molecule has 0 rings (SSSR count). The van der Waals surface area contributed by atoms with E-state index in [0.717, 1.165) is 12.3 Å². The van der Waals surface area contributed by atoms with Crippen LogP contribution < -0.4 is 0 Å². The highest BCUT2D eigenvalue weighted by molar-refractivity contribution is 5.87. The molecule has 0 aromatic carbocycles. The molecule has 1 nitrogen and oxygen atoms in total. The molecular formula is C11H20O. The lowest BCUT2D eigenvalue weighted by atomic mass is 9.96. The van der Waals surface area contributed by atoms with Crippen molar-refractivity contribution in [3.8, 4) is 0 Å². The van der Waals surface area contributed by atoms with Gasteiger partial charge in [-0.15, -0.1) is 0 Å². The minimum absolute atomic E-state index is 0.145. The summed E-state index contributed by atoms with van der Waals surface area (Å²) in [4.78, 5) is 10.6. The van der Waals surface area contributed by atoms with Crippen molar-refractivity contribution in [3.63, 3.8) is 0 Å². The Kier molecular flexibility index (Phi) is 5.69. The summed E-state index contributed by atoms with van der Waals surface area (Å²) in [5.74, 6) is 1.60. The van der Waals surface area contributed by atoms with Gasteiger partial charge in [0.15, 0.2) is 5.78 Å². The number of allylic oxidation sites excluding steroid dienone is 2. The van der Waals surface area contributed by atoms with Gasteiger partial charge in [-0.25, -0.2) is 0 Å². The molecule has 0 aromatic heterocycles. The van der Waals surface area contributed by atoms with Crippen molar-refractivity contribution in [3.05, 3.63) is 12.2 Å². The summed E-state index contributed by atoms with van der Waals surface area (Å²) >= 11 is 0. The van der Waals surface area contributed by atoms with Gasteiger partial charge in [0.2, 0.25) is 0 Å². The Bertz CT molecular complexity index is 156. The van der Waals surface area contributed by atoms with Crippen LogP contribution >= 0.6 is 0 Å². The molecule has 0 aliphatic rings. The normalized spacial score (nSPS) is 14.1. The van der Waals surface area contributed by atoms with Gasteiger partial charge in [0.05, 0.1) is 0 Å². The summed E-state index contributed by atoms with van der Waals surface area (Å²) in [5, 5.41) is 0. The highest BCUT2D eigenvalue weighted by atomic mass is 16.1. The first-order valence-electron chi connectivity index (χ1n) is 4.69. The molecule has 1 unspecified atom stereocenters. The first-order chi connectivity index (χ1) is 5.52. The van der Waals surface area contributed by atoms with Gasteiger partial charge >= 0.3 is 0 Å². The number of carbonyl (C=O) groups excluding carboxylic acids is 1. The van der Waals surface area contributed by atoms with Crippen LogP contribution in [0.15, 0.2) is 12.2 Å². The fourth-order valence-corrected chi connectivity index (χ4v) is 1.37. The number of ketones is 1. The van der Waals surface area contributed by atoms with Crippen molar-refractivity contribution in [2.24, 2.45) is 11.8 Å². The first-order valence-corrected chi connectivity index (χ1v) is 4.69. The van der Waals surface area contributed by atoms with Crippen LogP contribution in [0.3, 0.4) is 0 Å². The predicted molar refractivity (Wildman–Crippen MR) is 53.1 cm³/mol. The third-order valence-electron chi connectivity index (χ3n) is 1.76. The quantitative estimate of drug-likeness (QED) is 0.576. The van der Waals surface area contributed by atoms with Gasteiger partial charge in [0.25, 0.3) is 0 Å². The summed E-state index contributed by atoms with van der Waals surface area (Å²) in [7, 11) is 0. The maximum absolute atomic E-state index is 10.6. The molecular weight excluding hydrogens is 148 g/mol. The number of carbonyl (C=O) groups is 1. The van der Waals surface area contributed by atoms with Crippen LogP contribution in [0.25, 0.3) is 0 Å². The molecule has 0 fully saturated rings. The lowest BCUT2D eigenvalue weighted by molar-refractivity contribution is -0.112. The van der Waals surface area contributed by atoms with Gasteiger partial charge in [-0.3, -0.25) is 4.79 Å². The maximum Gasteiger partial charge on any atom is 0.152 e. The summed E-state index contributed by atoms with van der Waals surface area (Å²) < 4.78 is 0. The summed E-state index contributed by atoms with van der Waals surface area (Å²) in [6.07, 6.45) is 5.91. The molecule has 0 bridgehead atoms. The molecule has 1 atom stereocenters. The number of rotatable bonds is 5. The Hall–Kier alpha value is -0.590. The monoisotopic (exact) mass is 168 g/mol. The Balaban J connectivity index is 3.56. The van der Waals surface area contributed by atoms with Gasteiger partial charge in [0, 0.05) is 0 Å². The average Bonchev–Trinajstić information content (AvgIpc) is 1.84. The van der Waals surface area contributed by atoms with E-state index in [9.17, 15) is 4.79 Å². The van der Waals surface area contributed by atoms with Gasteiger partial charge in [-0.2, -0.15) is 0 Å². The topological polar surface area (TPSA) is 17.1 Å². The molecule has 0 saturated heterocycles. The molecule has 0 saturated carbocycles. The van der Waals surface area contributed by atoms with Crippen LogP contribution in [0, 0.1) is 11.8 Å².